The Labute approximate surface area is 185 Å². The molecule has 2 amide bonds. The fraction of sp³-hybridized carbons (Fsp3) is 0.391. The molecule has 1 aromatic carbocycles. The zero-order valence-electron chi connectivity index (χ0n) is 17.5. The molecule has 2 fully saturated rings. The molecule has 0 radical (unpaired) electrons. The number of thiazole rings is 1. The van der Waals surface area contributed by atoms with Crippen LogP contribution < -0.4 is 5.32 Å². The van der Waals surface area contributed by atoms with Gasteiger partial charge in [-0.1, -0.05) is 0 Å². The van der Waals surface area contributed by atoms with Crippen molar-refractivity contribution < 1.29 is 9.59 Å². The summed E-state index contributed by atoms with van der Waals surface area (Å²) in [4.78, 5) is 31.7. The van der Waals surface area contributed by atoms with E-state index in [9.17, 15) is 9.59 Å². The Balaban J connectivity index is 1.13. The van der Waals surface area contributed by atoms with E-state index >= 15 is 0 Å². The average molecular weight is 436 g/mol. The minimum absolute atomic E-state index is 0.0386. The Morgan fingerprint density at radius 1 is 1.23 bits per heavy atom. The van der Waals surface area contributed by atoms with Gasteiger partial charge in [-0.2, -0.15) is 5.10 Å². The zero-order valence-corrected chi connectivity index (χ0v) is 18.3. The second-order valence-corrected chi connectivity index (χ2v) is 9.58. The number of carbonyl (C=O) groups excluding carboxylic acids is 2. The summed E-state index contributed by atoms with van der Waals surface area (Å²) in [5, 5.41) is 10.2. The number of aromatic nitrogens is 3. The molecule has 8 heteroatoms. The Morgan fingerprint density at radius 2 is 2.00 bits per heavy atom. The second kappa shape index (κ2) is 7.92. The molecule has 3 heterocycles. The first-order chi connectivity index (χ1) is 15.0. The molecule has 1 N–H and O–H groups in total. The quantitative estimate of drug-likeness (QED) is 0.666. The third-order valence-corrected chi connectivity index (χ3v) is 7.34. The monoisotopic (exact) mass is 435 g/mol. The number of hydrogen-bond donors (Lipinski definition) is 1. The molecule has 2 aromatic heterocycles. The van der Waals surface area contributed by atoms with Crippen LogP contribution in [-0.4, -0.2) is 44.6 Å². The second-order valence-electron chi connectivity index (χ2n) is 8.52. The lowest BCUT2D eigenvalue weighted by atomic mass is 9.90. The SMILES string of the molecule is Cc1nc(CC(=O)N2CCC3(CC2)CC3C(=O)Nc2ccc(-n3cccn3)cc2)cs1. The number of anilines is 1. The molecule has 7 nitrogen and oxygen atoms in total. The van der Waals surface area contributed by atoms with Crippen LogP contribution in [0.25, 0.3) is 5.69 Å². The van der Waals surface area contributed by atoms with E-state index in [4.69, 9.17) is 0 Å². The molecule has 2 aliphatic rings. The molecule has 1 spiro atoms. The van der Waals surface area contributed by atoms with Crippen molar-refractivity contribution in [3.63, 3.8) is 0 Å². The van der Waals surface area contributed by atoms with Crippen LogP contribution in [0.3, 0.4) is 0 Å². The standard InChI is InChI=1S/C23H25N5O2S/c1-16-25-18(15-31-16)13-21(29)27-11-7-23(8-12-27)14-20(23)22(30)26-17-3-5-19(6-4-17)28-10-2-9-24-28/h2-6,9-10,15,20H,7-8,11-14H2,1H3,(H,26,30). The maximum absolute atomic E-state index is 12.8. The predicted molar refractivity (Wildman–Crippen MR) is 119 cm³/mol. The Kier molecular flexibility index (Phi) is 5.09. The lowest BCUT2D eigenvalue weighted by Crippen LogP contribution is -2.41. The number of rotatable bonds is 5. The van der Waals surface area contributed by atoms with Crippen molar-refractivity contribution >= 4 is 28.8 Å². The first kappa shape index (κ1) is 19.9. The minimum atomic E-state index is 0.0386. The first-order valence-corrected chi connectivity index (χ1v) is 11.5. The summed E-state index contributed by atoms with van der Waals surface area (Å²) in [5.41, 5.74) is 2.67. The van der Waals surface area contributed by atoms with Gasteiger partial charge in [-0.15, -0.1) is 11.3 Å². The van der Waals surface area contributed by atoms with Crippen molar-refractivity contribution in [1.82, 2.24) is 19.7 Å². The minimum Gasteiger partial charge on any atom is -0.342 e. The number of amides is 2. The van der Waals surface area contributed by atoms with Crippen LogP contribution in [-0.2, 0) is 16.0 Å². The highest BCUT2D eigenvalue weighted by Crippen LogP contribution is 2.59. The number of nitrogens with one attached hydrogen (secondary N) is 1. The van der Waals surface area contributed by atoms with Gasteiger partial charge >= 0.3 is 0 Å². The molecule has 5 rings (SSSR count). The van der Waals surface area contributed by atoms with E-state index in [2.05, 4.69) is 15.4 Å². The molecular formula is C23H25N5O2S. The molecular weight excluding hydrogens is 410 g/mol. The van der Waals surface area contributed by atoms with Gasteiger partial charge in [0.1, 0.15) is 0 Å². The highest BCUT2D eigenvalue weighted by molar-refractivity contribution is 7.09. The van der Waals surface area contributed by atoms with Crippen LogP contribution in [0.4, 0.5) is 5.69 Å². The van der Waals surface area contributed by atoms with Gasteiger partial charge in [0, 0.05) is 42.5 Å². The van der Waals surface area contributed by atoms with Gasteiger partial charge in [0.2, 0.25) is 11.8 Å². The van der Waals surface area contributed by atoms with Crippen molar-refractivity contribution in [2.24, 2.45) is 11.3 Å². The van der Waals surface area contributed by atoms with E-state index in [1.165, 1.54) is 0 Å². The van der Waals surface area contributed by atoms with Crippen molar-refractivity contribution in [3.8, 4) is 5.69 Å². The zero-order chi connectivity index (χ0) is 21.4. The normalized spacial score (nSPS) is 19.4. The van der Waals surface area contributed by atoms with Gasteiger partial charge in [-0.25, -0.2) is 9.67 Å². The summed E-state index contributed by atoms with van der Waals surface area (Å²) in [6.07, 6.45) is 6.70. The highest BCUT2D eigenvalue weighted by Gasteiger charge is 2.58. The predicted octanol–water partition coefficient (Wildman–Crippen LogP) is 3.45. The number of likely N-dealkylation sites (tertiary alicyclic amines) is 1. The van der Waals surface area contributed by atoms with E-state index < -0.39 is 0 Å². The fourth-order valence-electron chi connectivity index (χ4n) is 4.58. The number of carbonyl (C=O) groups is 2. The van der Waals surface area contributed by atoms with Gasteiger partial charge < -0.3 is 10.2 Å². The molecule has 1 saturated carbocycles. The largest absolute Gasteiger partial charge is 0.342 e. The Morgan fingerprint density at radius 3 is 2.65 bits per heavy atom. The lowest BCUT2D eigenvalue weighted by Gasteiger charge is -2.32. The fourth-order valence-corrected chi connectivity index (χ4v) is 5.19. The van der Waals surface area contributed by atoms with E-state index in [0.29, 0.717) is 6.42 Å². The lowest BCUT2D eigenvalue weighted by molar-refractivity contribution is -0.132. The molecule has 1 unspecified atom stereocenters. The van der Waals surface area contributed by atoms with Crippen LogP contribution >= 0.6 is 11.3 Å². The number of nitrogens with zero attached hydrogens (tertiary/aromatic N) is 4. The van der Waals surface area contributed by atoms with Crippen molar-refractivity contribution in [2.45, 2.75) is 32.6 Å². The number of aryl methyl sites for hydroxylation is 1. The van der Waals surface area contributed by atoms with Gasteiger partial charge in [0.05, 0.1) is 22.8 Å². The van der Waals surface area contributed by atoms with Crippen LogP contribution in [0.5, 0.6) is 0 Å². The number of benzene rings is 1. The van der Waals surface area contributed by atoms with E-state index in [0.717, 1.165) is 54.4 Å². The van der Waals surface area contributed by atoms with E-state index in [-0.39, 0.29) is 23.1 Å². The number of hydrogen-bond acceptors (Lipinski definition) is 5. The molecule has 1 aliphatic carbocycles. The summed E-state index contributed by atoms with van der Waals surface area (Å²) in [6, 6.07) is 9.58. The topological polar surface area (TPSA) is 80.1 Å². The van der Waals surface area contributed by atoms with Crippen LogP contribution in [0.2, 0.25) is 0 Å². The third-order valence-electron chi connectivity index (χ3n) is 6.52. The van der Waals surface area contributed by atoms with Gasteiger partial charge in [-0.05, 0) is 61.9 Å². The summed E-state index contributed by atoms with van der Waals surface area (Å²) in [7, 11) is 0. The van der Waals surface area contributed by atoms with Gasteiger partial charge in [-0.3, -0.25) is 9.59 Å². The van der Waals surface area contributed by atoms with Gasteiger partial charge in [0.25, 0.3) is 0 Å². The van der Waals surface area contributed by atoms with Crippen LogP contribution in [0.1, 0.15) is 30.0 Å². The Hall–Kier alpha value is -3.00. The third kappa shape index (κ3) is 4.12. The summed E-state index contributed by atoms with van der Waals surface area (Å²) >= 11 is 1.58. The molecule has 1 atom stereocenters. The summed E-state index contributed by atoms with van der Waals surface area (Å²) in [6.45, 7) is 3.41. The average Bonchev–Trinajstić information content (AvgIpc) is 3.11. The molecule has 31 heavy (non-hydrogen) atoms. The molecule has 160 valence electrons. The van der Waals surface area contributed by atoms with E-state index in [1.54, 1.807) is 22.2 Å². The molecule has 1 aliphatic heterocycles. The Bertz CT molecular complexity index is 1080. The van der Waals surface area contributed by atoms with Crippen molar-refractivity contribution in [3.05, 3.63) is 58.8 Å². The smallest absolute Gasteiger partial charge is 0.228 e. The maximum Gasteiger partial charge on any atom is 0.228 e. The summed E-state index contributed by atoms with van der Waals surface area (Å²) in [5.74, 6) is 0.264. The molecule has 1 saturated heterocycles. The van der Waals surface area contributed by atoms with Gasteiger partial charge in [0.15, 0.2) is 0 Å². The summed E-state index contributed by atoms with van der Waals surface area (Å²) < 4.78 is 1.78. The van der Waals surface area contributed by atoms with Crippen molar-refractivity contribution in [1.29, 1.82) is 0 Å². The van der Waals surface area contributed by atoms with Crippen molar-refractivity contribution in [2.75, 3.05) is 18.4 Å². The maximum atomic E-state index is 12.8. The molecule has 0 bridgehead atoms. The molecule has 3 aromatic rings. The highest BCUT2D eigenvalue weighted by atomic mass is 32.1. The first-order valence-electron chi connectivity index (χ1n) is 10.6. The number of piperidine rings is 1. The van der Waals surface area contributed by atoms with Crippen LogP contribution in [0.15, 0.2) is 48.1 Å². The van der Waals surface area contributed by atoms with E-state index in [1.807, 2.05) is 53.7 Å². The van der Waals surface area contributed by atoms with Crippen LogP contribution in [0, 0.1) is 18.3 Å².